The molecule has 1 fully saturated rings. The zero-order valence-electron chi connectivity index (χ0n) is 18.4. The van der Waals surface area contributed by atoms with Crippen LogP contribution in [0, 0.1) is 5.82 Å². The number of benzene rings is 1. The first kappa shape index (κ1) is 23.7. The van der Waals surface area contributed by atoms with Crippen molar-refractivity contribution in [2.45, 2.75) is 19.5 Å². The van der Waals surface area contributed by atoms with E-state index in [1.54, 1.807) is 25.2 Å². The monoisotopic (exact) mass is 445 g/mol. The molecule has 3 rings (SSSR count). The maximum atomic E-state index is 14.6. The van der Waals surface area contributed by atoms with E-state index in [9.17, 15) is 17.6 Å². The highest BCUT2D eigenvalue weighted by Crippen LogP contribution is 2.35. The lowest BCUT2D eigenvalue weighted by atomic mass is 9.95. The van der Waals surface area contributed by atoms with Crippen molar-refractivity contribution in [1.82, 2.24) is 9.80 Å². The molecule has 1 aromatic rings. The SMILES string of the molecule is C=C1C=CC(=Cc2cc(C(F)(F)F)cc(F)c2C(=C)C)CC(C(=C)N2CCN(C)CC2)=N1. The molecule has 2 aliphatic heterocycles. The number of alkyl halides is 3. The molecule has 0 spiro atoms. The highest BCUT2D eigenvalue weighted by Gasteiger charge is 2.32. The van der Waals surface area contributed by atoms with E-state index in [1.807, 2.05) is 0 Å². The van der Waals surface area contributed by atoms with E-state index in [4.69, 9.17) is 0 Å². The first-order chi connectivity index (χ1) is 15.0. The van der Waals surface area contributed by atoms with Crippen molar-refractivity contribution in [1.29, 1.82) is 0 Å². The van der Waals surface area contributed by atoms with Crippen LogP contribution in [0.15, 0.2) is 66.0 Å². The summed E-state index contributed by atoms with van der Waals surface area (Å²) in [5.74, 6) is -0.947. The molecule has 0 radical (unpaired) electrons. The molecular weight excluding hydrogens is 418 g/mol. The topological polar surface area (TPSA) is 18.8 Å². The number of likely N-dealkylation sites (N-methyl/N-ethyl adjacent to an activating group) is 1. The molecule has 170 valence electrons. The Bertz CT molecular complexity index is 1040. The number of piperazine rings is 1. The third kappa shape index (κ3) is 5.46. The molecule has 7 heteroatoms. The van der Waals surface area contributed by atoms with E-state index in [1.165, 1.54) is 0 Å². The number of aliphatic imine (C=N–C) groups is 1. The van der Waals surface area contributed by atoms with E-state index in [0.717, 1.165) is 37.9 Å². The molecule has 2 aliphatic rings. The standard InChI is InChI=1S/C25H27F4N3/c1-16(2)24-20(14-21(15-22(24)26)25(27,28)29)12-19-7-6-17(3)30-23(13-19)18(4)32-10-8-31(5)9-11-32/h6-7,12,14-15H,1,3-4,8-11,13H2,2,5H3. The molecule has 32 heavy (non-hydrogen) atoms. The predicted octanol–water partition coefficient (Wildman–Crippen LogP) is 5.94. The largest absolute Gasteiger partial charge is 0.416 e. The summed E-state index contributed by atoms with van der Waals surface area (Å²) in [6, 6.07) is 1.47. The minimum atomic E-state index is -4.66. The molecule has 1 saturated heterocycles. The summed E-state index contributed by atoms with van der Waals surface area (Å²) >= 11 is 0. The molecule has 3 nitrogen and oxygen atoms in total. The number of hydrogen-bond donors (Lipinski definition) is 0. The summed E-state index contributed by atoms with van der Waals surface area (Å²) in [6.07, 6.45) is 0.687. The zero-order valence-corrected chi connectivity index (χ0v) is 18.4. The van der Waals surface area contributed by atoms with Gasteiger partial charge in [0.15, 0.2) is 0 Å². The van der Waals surface area contributed by atoms with Gasteiger partial charge in [-0.3, -0.25) is 4.99 Å². The lowest BCUT2D eigenvalue weighted by Gasteiger charge is -2.35. The van der Waals surface area contributed by atoms with Crippen LogP contribution in [-0.2, 0) is 6.18 Å². The van der Waals surface area contributed by atoms with Crippen molar-refractivity contribution in [2.75, 3.05) is 33.2 Å². The lowest BCUT2D eigenvalue weighted by molar-refractivity contribution is -0.137. The number of halogens is 4. The Labute approximate surface area is 186 Å². The quantitative estimate of drug-likeness (QED) is 0.535. The average molecular weight is 446 g/mol. The molecule has 0 bridgehead atoms. The van der Waals surface area contributed by atoms with E-state index >= 15 is 0 Å². The van der Waals surface area contributed by atoms with Gasteiger partial charge in [-0.25, -0.2) is 4.39 Å². The van der Waals surface area contributed by atoms with E-state index in [0.29, 0.717) is 35.0 Å². The van der Waals surface area contributed by atoms with Gasteiger partial charge in [0, 0.05) is 38.2 Å². The Morgan fingerprint density at radius 1 is 1.09 bits per heavy atom. The van der Waals surface area contributed by atoms with Gasteiger partial charge in [-0.2, -0.15) is 13.2 Å². The van der Waals surface area contributed by atoms with Crippen molar-refractivity contribution < 1.29 is 17.6 Å². The molecule has 2 heterocycles. The second-order valence-corrected chi connectivity index (χ2v) is 8.22. The number of allylic oxidation sites excluding steroid dienone is 5. The maximum Gasteiger partial charge on any atom is 0.416 e. The Kier molecular flexibility index (Phi) is 6.88. The highest BCUT2D eigenvalue weighted by atomic mass is 19.4. The molecule has 0 atom stereocenters. The van der Waals surface area contributed by atoms with Crippen LogP contribution in [-0.4, -0.2) is 48.7 Å². The normalized spacial score (nSPS) is 19.2. The van der Waals surface area contributed by atoms with Crippen LogP contribution < -0.4 is 0 Å². The summed E-state index contributed by atoms with van der Waals surface area (Å²) < 4.78 is 54.5. The Hall–Kier alpha value is -2.93. The molecule has 0 aliphatic carbocycles. The van der Waals surface area contributed by atoms with Crippen molar-refractivity contribution in [2.24, 2.45) is 4.99 Å². The molecule has 0 amide bonds. The van der Waals surface area contributed by atoms with Crippen LogP contribution in [0.1, 0.15) is 30.0 Å². The smallest absolute Gasteiger partial charge is 0.368 e. The fraction of sp³-hybridized carbons (Fsp3) is 0.320. The third-order valence-electron chi connectivity index (χ3n) is 5.57. The van der Waals surface area contributed by atoms with Crippen LogP contribution in [0.25, 0.3) is 11.6 Å². The molecule has 0 unspecified atom stereocenters. The zero-order chi connectivity index (χ0) is 23.6. The summed E-state index contributed by atoms with van der Waals surface area (Å²) in [6.45, 7) is 16.9. The fourth-order valence-corrected chi connectivity index (χ4v) is 3.79. The van der Waals surface area contributed by atoms with Crippen molar-refractivity contribution in [3.05, 3.63) is 83.5 Å². The second kappa shape index (κ2) is 9.28. The van der Waals surface area contributed by atoms with Crippen LogP contribution in [0.2, 0.25) is 0 Å². The average Bonchev–Trinajstić information content (AvgIpc) is 2.88. The first-order valence-corrected chi connectivity index (χ1v) is 10.3. The van der Waals surface area contributed by atoms with Gasteiger partial charge in [0.2, 0.25) is 0 Å². The van der Waals surface area contributed by atoms with Crippen molar-refractivity contribution >= 4 is 17.4 Å². The van der Waals surface area contributed by atoms with Gasteiger partial charge >= 0.3 is 6.18 Å². The van der Waals surface area contributed by atoms with E-state index < -0.39 is 17.6 Å². The van der Waals surface area contributed by atoms with Crippen LogP contribution in [0.4, 0.5) is 17.6 Å². The van der Waals surface area contributed by atoms with Gasteiger partial charge in [-0.1, -0.05) is 31.9 Å². The molecule has 1 aromatic carbocycles. The number of hydrogen-bond acceptors (Lipinski definition) is 3. The lowest BCUT2D eigenvalue weighted by Crippen LogP contribution is -2.44. The predicted molar refractivity (Wildman–Crippen MR) is 123 cm³/mol. The Morgan fingerprint density at radius 3 is 2.34 bits per heavy atom. The fourth-order valence-electron chi connectivity index (χ4n) is 3.79. The molecule has 0 saturated carbocycles. The van der Waals surface area contributed by atoms with Gasteiger partial charge in [0.25, 0.3) is 0 Å². The Balaban J connectivity index is 1.99. The molecule has 0 N–H and O–H groups in total. The maximum absolute atomic E-state index is 14.6. The van der Waals surface area contributed by atoms with Gasteiger partial charge in [-0.05, 0) is 48.9 Å². The molecule has 0 aromatic heterocycles. The number of nitrogens with zero attached hydrogens (tertiary/aromatic N) is 3. The first-order valence-electron chi connectivity index (χ1n) is 10.3. The minimum absolute atomic E-state index is 0.0679. The second-order valence-electron chi connectivity index (χ2n) is 8.22. The van der Waals surface area contributed by atoms with Crippen LogP contribution in [0.5, 0.6) is 0 Å². The van der Waals surface area contributed by atoms with Crippen molar-refractivity contribution in [3.63, 3.8) is 0 Å². The van der Waals surface area contributed by atoms with Gasteiger partial charge in [-0.15, -0.1) is 0 Å². The van der Waals surface area contributed by atoms with Crippen LogP contribution >= 0.6 is 0 Å². The van der Waals surface area contributed by atoms with E-state index in [-0.39, 0.29) is 11.1 Å². The van der Waals surface area contributed by atoms with Gasteiger partial charge < -0.3 is 9.80 Å². The van der Waals surface area contributed by atoms with Gasteiger partial charge in [0.05, 0.1) is 22.7 Å². The number of rotatable bonds is 4. The summed E-state index contributed by atoms with van der Waals surface area (Å²) in [4.78, 5) is 8.94. The van der Waals surface area contributed by atoms with Crippen molar-refractivity contribution in [3.8, 4) is 0 Å². The minimum Gasteiger partial charge on any atom is -0.368 e. The van der Waals surface area contributed by atoms with Crippen LogP contribution in [0.3, 0.4) is 0 Å². The highest BCUT2D eigenvalue weighted by molar-refractivity contribution is 6.02. The summed E-state index contributed by atoms with van der Waals surface area (Å²) in [5.41, 5.74) is 2.17. The van der Waals surface area contributed by atoms with E-state index in [2.05, 4.69) is 41.6 Å². The molecular formula is C25H27F4N3. The Morgan fingerprint density at radius 2 is 1.75 bits per heavy atom. The summed E-state index contributed by atoms with van der Waals surface area (Å²) in [7, 11) is 2.06. The third-order valence-corrected chi connectivity index (χ3v) is 5.57. The summed E-state index contributed by atoms with van der Waals surface area (Å²) in [5, 5.41) is 0. The van der Waals surface area contributed by atoms with Gasteiger partial charge in [0.1, 0.15) is 5.82 Å².